The summed E-state index contributed by atoms with van der Waals surface area (Å²) in [4.78, 5) is 22.9. The Morgan fingerprint density at radius 2 is 1.52 bits per heavy atom. The number of aliphatic hydroxyl groups is 1. The minimum Gasteiger partial charge on any atom is -0.502 e. The first kappa shape index (κ1) is 18.5. The van der Waals surface area contributed by atoms with Crippen LogP contribution in [0.25, 0.3) is 10.8 Å². The van der Waals surface area contributed by atoms with Gasteiger partial charge in [0, 0.05) is 5.02 Å². The normalized spacial score (nSPS) is 12.6. The molecule has 0 aliphatic carbocycles. The van der Waals surface area contributed by atoms with Crippen LogP contribution in [0.3, 0.4) is 0 Å². The molecule has 0 saturated carbocycles. The maximum Gasteiger partial charge on any atom is 0.371 e. The highest BCUT2D eigenvalue weighted by atomic mass is 35.5. The number of hydrogen-bond acceptors (Lipinski definition) is 3. The highest BCUT2D eigenvalue weighted by Gasteiger charge is 2.18. The van der Waals surface area contributed by atoms with E-state index in [9.17, 15) is 14.7 Å². The van der Waals surface area contributed by atoms with Gasteiger partial charge in [-0.05, 0) is 40.1 Å². The second-order valence-electron chi connectivity index (χ2n) is 5.93. The third kappa shape index (κ3) is 4.46. The Kier molecular flexibility index (Phi) is 5.43. The molecule has 0 aliphatic rings. The van der Waals surface area contributed by atoms with Crippen LogP contribution in [0.5, 0.6) is 0 Å². The lowest BCUT2D eigenvalue weighted by Gasteiger charge is -2.20. The van der Waals surface area contributed by atoms with E-state index in [1.165, 1.54) is 0 Å². The van der Waals surface area contributed by atoms with Gasteiger partial charge in [0.15, 0.2) is 0 Å². The van der Waals surface area contributed by atoms with Crippen molar-refractivity contribution in [3.05, 3.63) is 94.7 Å². The van der Waals surface area contributed by atoms with Gasteiger partial charge in [0.25, 0.3) is 0 Å². The average Bonchev–Trinajstić information content (AvgIpc) is 2.66. The molecule has 5 nitrogen and oxygen atoms in total. The molecule has 0 radical (unpaired) electrons. The number of amides is 1. The Balaban J connectivity index is 2.01. The lowest BCUT2D eigenvalue weighted by atomic mass is 9.96. The highest BCUT2D eigenvalue weighted by molar-refractivity contribution is 6.30. The molecule has 3 aromatic rings. The van der Waals surface area contributed by atoms with Crippen LogP contribution >= 0.6 is 11.6 Å². The van der Waals surface area contributed by atoms with Crippen molar-refractivity contribution >= 4 is 34.2 Å². The lowest BCUT2D eigenvalue weighted by Crippen LogP contribution is -2.28. The fourth-order valence-electron chi connectivity index (χ4n) is 2.77. The minimum atomic E-state index is -1.57. The van der Waals surface area contributed by atoms with Gasteiger partial charge < -0.3 is 15.5 Å². The predicted molar refractivity (Wildman–Crippen MR) is 104 cm³/mol. The number of carboxylic acid groups (broad SMARTS) is 1. The van der Waals surface area contributed by atoms with Crippen molar-refractivity contribution in [3.8, 4) is 0 Å². The van der Waals surface area contributed by atoms with Crippen molar-refractivity contribution in [2.75, 3.05) is 0 Å². The van der Waals surface area contributed by atoms with E-state index in [0.717, 1.165) is 21.9 Å². The Hall–Kier alpha value is -3.31. The van der Waals surface area contributed by atoms with E-state index in [0.29, 0.717) is 11.1 Å². The second kappa shape index (κ2) is 7.93. The summed E-state index contributed by atoms with van der Waals surface area (Å²) in [6, 6.07) is 20.1. The maximum absolute atomic E-state index is 12.2. The van der Waals surface area contributed by atoms with Crippen molar-refractivity contribution in [3.63, 3.8) is 0 Å². The molecule has 3 rings (SSSR count). The van der Waals surface area contributed by atoms with E-state index in [1.54, 1.807) is 24.3 Å². The molecule has 0 spiro atoms. The summed E-state index contributed by atoms with van der Waals surface area (Å²) in [5.74, 6) is -3.32. The third-order valence-electron chi connectivity index (χ3n) is 4.08. The van der Waals surface area contributed by atoms with E-state index >= 15 is 0 Å². The number of aliphatic carboxylic acids is 1. The van der Waals surface area contributed by atoms with Crippen molar-refractivity contribution in [2.45, 2.75) is 6.04 Å². The maximum atomic E-state index is 12.2. The summed E-state index contributed by atoms with van der Waals surface area (Å²) in [6.07, 6.45) is 0.645. The van der Waals surface area contributed by atoms with E-state index in [4.69, 9.17) is 16.7 Å². The molecule has 1 unspecified atom stereocenters. The van der Waals surface area contributed by atoms with Gasteiger partial charge in [-0.2, -0.15) is 0 Å². The zero-order chi connectivity index (χ0) is 19.4. The number of aliphatic hydroxyl groups excluding tert-OH is 1. The SMILES string of the molecule is O=C(/C=C(\O)C(=O)O)NC(c1ccc(Cl)cc1)c1ccc2ccccc2c1. The molecule has 1 amide bonds. The molecule has 0 heterocycles. The smallest absolute Gasteiger partial charge is 0.371 e. The number of fused-ring (bicyclic) bond motifs is 1. The number of benzene rings is 3. The minimum absolute atomic E-state index is 0.544. The monoisotopic (exact) mass is 381 g/mol. The van der Waals surface area contributed by atoms with Crippen LogP contribution in [0.2, 0.25) is 5.02 Å². The first-order chi connectivity index (χ1) is 12.9. The predicted octanol–water partition coefficient (Wildman–Crippen LogP) is 4.23. The summed E-state index contributed by atoms with van der Waals surface area (Å²) in [5.41, 5.74) is 1.58. The Morgan fingerprint density at radius 1 is 0.889 bits per heavy atom. The summed E-state index contributed by atoms with van der Waals surface area (Å²) < 4.78 is 0. The van der Waals surface area contributed by atoms with E-state index in [1.807, 2.05) is 42.5 Å². The van der Waals surface area contributed by atoms with Crippen molar-refractivity contribution in [2.24, 2.45) is 0 Å². The molecule has 1 atom stereocenters. The van der Waals surface area contributed by atoms with Crippen molar-refractivity contribution < 1.29 is 19.8 Å². The lowest BCUT2D eigenvalue weighted by molar-refractivity contribution is -0.136. The standard InChI is InChI=1S/C21H16ClNO4/c22-17-9-7-14(8-10-17)20(23-19(25)12-18(24)21(26)27)16-6-5-13-3-1-2-4-15(13)11-16/h1-12,20,24H,(H,23,25)(H,26,27)/b18-12-. The molecule has 6 heteroatoms. The Bertz CT molecular complexity index is 1030. The van der Waals surface area contributed by atoms with Crippen LogP contribution in [0.1, 0.15) is 17.2 Å². The highest BCUT2D eigenvalue weighted by Crippen LogP contribution is 2.26. The molecule has 27 heavy (non-hydrogen) atoms. The Morgan fingerprint density at radius 3 is 2.19 bits per heavy atom. The van der Waals surface area contributed by atoms with Gasteiger partial charge in [0.2, 0.25) is 11.7 Å². The van der Waals surface area contributed by atoms with Gasteiger partial charge in [0.05, 0.1) is 12.1 Å². The second-order valence-corrected chi connectivity index (χ2v) is 6.37. The third-order valence-corrected chi connectivity index (χ3v) is 4.34. The summed E-state index contributed by atoms with van der Waals surface area (Å²) in [7, 11) is 0. The first-order valence-corrected chi connectivity index (χ1v) is 8.50. The molecule has 0 aromatic heterocycles. The number of carboxylic acids is 1. The van der Waals surface area contributed by atoms with Crippen LogP contribution in [-0.2, 0) is 9.59 Å². The van der Waals surface area contributed by atoms with Gasteiger partial charge in [-0.3, -0.25) is 4.79 Å². The number of halogens is 1. The van der Waals surface area contributed by atoms with Crippen LogP contribution in [0, 0.1) is 0 Å². The van der Waals surface area contributed by atoms with Crippen LogP contribution in [0.15, 0.2) is 78.6 Å². The largest absolute Gasteiger partial charge is 0.502 e. The molecule has 0 saturated heterocycles. The van der Waals surface area contributed by atoms with Gasteiger partial charge >= 0.3 is 5.97 Å². The molecule has 136 valence electrons. The number of carbonyl (C=O) groups excluding carboxylic acids is 1. The molecule has 0 fully saturated rings. The van der Waals surface area contributed by atoms with E-state index in [2.05, 4.69) is 5.32 Å². The van der Waals surface area contributed by atoms with Crippen molar-refractivity contribution in [1.29, 1.82) is 0 Å². The zero-order valence-corrected chi connectivity index (χ0v) is 14.9. The topological polar surface area (TPSA) is 86.6 Å². The summed E-state index contributed by atoms with van der Waals surface area (Å²) in [6.45, 7) is 0. The number of rotatable bonds is 5. The Labute approximate surface area is 160 Å². The summed E-state index contributed by atoms with van der Waals surface area (Å²) in [5, 5.41) is 23.4. The van der Waals surface area contributed by atoms with Crippen LogP contribution in [0.4, 0.5) is 0 Å². The first-order valence-electron chi connectivity index (χ1n) is 8.12. The number of hydrogen-bond donors (Lipinski definition) is 3. The fourth-order valence-corrected chi connectivity index (χ4v) is 2.90. The number of nitrogens with one attached hydrogen (secondary N) is 1. The fraction of sp³-hybridized carbons (Fsp3) is 0.0476. The van der Waals surface area contributed by atoms with E-state index < -0.39 is 23.7 Å². The molecule has 0 bridgehead atoms. The van der Waals surface area contributed by atoms with Crippen LogP contribution in [-0.4, -0.2) is 22.1 Å². The quantitative estimate of drug-likeness (QED) is 0.456. The van der Waals surface area contributed by atoms with E-state index in [-0.39, 0.29) is 0 Å². The van der Waals surface area contributed by atoms with Gasteiger partial charge in [-0.15, -0.1) is 0 Å². The molecule has 3 aromatic carbocycles. The van der Waals surface area contributed by atoms with Gasteiger partial charge in [-0.25, -0.2) is 4.79 Å². The molecular weight excluding hydrogens is 366 g/mol. The summed E-state index contributed by atoms with van der Waals surface area (Å²) >= 11 is 5.95. The van der Waals surface area contributed by atoms with Gasteiger partial charge in [0.1, 0.15) is 0 Å². The molecule has 3 N–H and O–H groups in total. The zero-order valence-electron chi connectivity index (χ0n) is 14.1. The average molecular weight is 382 g/mol. The van der Waals surface area contributed by atoms with Crippen LogP contribution < -0.4 is 5.32 Å². The molecular formula is C21H16ClNO4. The molecule has 0 aliphatic heterocycles. The van der Waals surface area contributed by atoms with Gasteiger partial charge in [-0.1, -0.05) is 60.1 Å². The number of carbonyl (C=O) groups is 2. The van der Waals surface area contributed by atoms with Crippen molar-refractivity contribution in [1.82, 2.24) is 5.32 Å².